The molecule has 0 saturated heterocycles. The number of carbonyl (C=O) groups excluding carboxylic acids is 1. The molecule has 0 N–H and O–H groups in total. The van der Waals surface area contributed by atoms with Crippen molar-refractivity contribution in [2.45, 2.75) is 18.7 Å². The zero-order chi connectivity index (χ0) is 19.0. The summed E-state index contributed by atoms with van der Waals surface area (Å²) in [5, 5.41) is 11.1. The Morgan fingerprint density at radius 2 is 2.11 bits per heavy atom. The second-order valence-corrected chi connectivity index (χ2v) is 7.27. The van der Waals surface area contributed by atoms with E-state index >= 15 is 0 Å². The van der Waals surface area contributed by atoms with Gasteiger partial charge in [-0.25, -0.2) is 4.98 Å². The van der Waals surface area contributed by atoms with Crippen LogP contribution in [0.15, 0.2) is 42.5 Å². The maximum atomic E-state index is 13.1. The summed E-state index contributed by atoms with van der Waals surface area (Å²) in [5.74, 6) is 1.49. The number of aromatic nitrogens is 2. The number of anilines is 1. The van der Waals surface area contributed by atoms with Crippen LogP contribution in [0.2, 0.25) is 0 Å². The van der Waals surface area contributed by atoms with Gasteiger partial charge in [0.05, 0.1) is 27.4 Å². The lowest BCUT2D eigenvalue weighted by Gasteiger charge is -2.18. The first kappa shape index (κ1) is 17.5. The van der Waals surface area contributed by atoms with Gasteiger partial charge in [-0.3, -0.25) is 14.9 Å². The van der Waals surface area contributed by atoms with Crippen molar-refractivity contribution in [2.75, 3.05) is 17.7 Å². The minimum atomic E-state index is -0.429. The molecule has 138 valence electrons. The number of imidazole rings is 1. The molecule has 27 heavy (non-hydrogen) atoms. The van der Waals surface area contributed by atoms with Crippen molar-refractivity contribution in [3.8, 4) is 0 Å². The van der Waals surface area contributed by atoms with Gasteiger partial charge in [0.1, 0.15) is 12.4 Å². The van der Waals surface area contributed by atoms with E-state index in [0.717, 1.165) is 22.4 Å². The topological polar surface area (TPSA) is 81.3 Å². The standard InChI is InChI=1S/C19H18N4O3S/c1-27-12-18-20-15-4-2-3-5-16(15)22(18)11-19(24)21-9-8-13-6-7-14(23(25)26)10-17(13)21/h2-7,10H,8-9,11-12H2,1H3. The summed E-state index contributed by atoms with van der Waals surface area (Å²) >= 11 is 1.65. The van der Waals surface area contributed by atoms with Crippen LogP contribution >= 0.6 is 11.8 Å². The average molecular weight is 382 g/mol. The Hall–Kier alpha value is -2.87. The number of nitro benzene ring substituents is 1. The van der Waals surface area contributed by atoms with Crippen LogP contribution in [-0.2, 0) is 23.5 Å². The Kier molecular flexibility index (Phi) is 4.57. The Morgan fingerprint density at radius 1 is 1.30 bits per heavy atom. The zero-order valence-electron chi connectivity index (χ0n) is 14.8. The second kappa shape index (κ2) is 7.03. The van der Waals surface area contributed by atoms with Gasteiger partial charge in [-0.1, -0.05) is 18.2 Å². The van der Waals surface area contributed by atoms with Gasteiger partial charge in [-0.15, -0.1) is 0 Å². The summed E-state index contributed by atoms with van der Waals surface area (Å²) in [5.41, 5.74) is 3.41. The van der Waals surface area contributed by atoms with E-state index in [2.05, 4.69) is 4.98 Å². The molecular weight excluding hydrogens is 364 g/mol. The smallest absolute Gasteiger partial charge is 0.271 e. The van der Waals surface area contributed by atoms with E-state index in [9.17, 15) is 14.9 Å². The van der Waals surface area contributed by atoms with Gasteiger partial charge in [-0.2, -0.15) is 11.8 Å². The van der Waals surface area contributed by atoms with E-state index in [1.54, 1.807) is 22.7 Å². The van der Waals surface area contributed by atoms with Crippen molar-refractivity contribution in [1.29, 1.82) is 0 Å². The predicted molar refractivity (Wildman–Crippen MR) is 106 cm³/mol. The van der Waals surface area contributed by atoms with Crippen LogP contribution in [-0.4, -0.2) is 33.2 Å². The van der Waals surface area contributed by atoms with Crippen LogP contribution in [0.5, 0.6) is 0 Å². The lowest BCUT2D eigenvalue weighted by Crippen LogP contribution is -2.32. The van der Waals surface area contributed by atoms with Gasteiger partial charge in [-0.05, 0) is 30.4 Å². The number of nitrogens with zero attached hydrogens (tertiary/aromatic N) is 4. The number of para-hydroxylation sites is 2. The first-order chi connectivity index (χ1) is 13.1. The van der Waals surface area contributed by atoms with E-state index in [-0.39, 0.29) is 18.1 Å². The van der Waals surface area contributed by atoms with E-state index in [1.807, 2.05) is 35.1 Å². The summed E-state index contributed by atoms with van der Waals surface area (Å²) in [6.45, 7) is 0.707. The molecule has 1 aliphatic rings. The van der Waals surface area contributed by atoms with Crippen LogP contribution < -0.4 is 4.90 Å². The highest BCUT2D eigenvalue weighted by Gasteiger charge is 2.27. The average Bonchev–Trinajstić information content (AvgIpc) is 3.23. The number of non-ortho nitro benzene ring substituents is 1. The molecule has 7 nitrogen and oxygen atoms in total. The van der Waals surface area contributed by atoms with Crippen molar-refractivity contribution >= 4 is 40.1 Å². The number of benzene rings is 2. The summed E-state index contributed by atoms with van der Waals surface area (Å²) in [7, 11) is 0. The largest absolute Gasteiger partial charge is 0.318 e. The monoisotopic (exact) mass is 382 g/mol. The Balaban J connectivity index is 1.67. The molecular formula is C19H18N4O3S. The normalized spacial score (nSPS) is 13.1. The molecule has 0 spiro atoms. The molecule has 1 amide bonds. The maximum Gasteiger partial charge on any atom is 0.271 e. The maximum absolute atomic E-state index is 13.1. The quantitative estimate of drug-likeness (QED) is 0.499. The van der Waals surface area contributed by atoms with Crippen molar-refractivity contribution < 1.29 is 9.72 Å². The first-order valence-corrected chi connectivity index (χ1v) is 9.98. The van der Waals surface area contributed by atoms with Crippen LogP contribution in [0, 0.1) is 10.1 Å². The minimum Gasteiger partial charge on any atom is -0.318 e. The molecule has 8 heteroatoms. The van der Waals surface area contributed by atoms with E-state index in [4.69, 9.17) is 0 Å². The molecule has 1 aromatic heterocycles. The number of carbonyl (C=O) groups is 1. The summed E-state index contributed by atoms with van der Waals surface area (Å²) in [4.78, 5) is 30.0. The van der Waals surface area contributed by atoms with Crippen LogP contribution in [0.25, 0.3) is 11.0 Å². The Bertz CT molecular complexity index is 1050. The summed E-state index contributed by atoms with van der Waals surface area (Å²) in [6.07, 6.45) is 2.71. The molecule has 3 aromatic rings. The number of nitro groups is 1. The fraction of sp³-hybridized carbons (Fsp3) is 0.263. The number of hydrogen-bond donors (Lipinski definition) is 0. The number of thioether (sulfide) groups is 1. The lowest BCUT2D eigenvalue weighted by molar-refractivity contribution is -0.384. The van der Waals surface area contributed by atoms with Gasteiger partial charge in [0.2, 0.25) is 5.91 Å². The van der Waals surface area contributed by atoms with Crippen molar-refractivity contribution in [3.05, 3.63) is 64.0 Å². The molecule has 0 saturated carbocycles. The third kappa shape index (κ3) is 3.16. The molecule has 0 fully saturated rings. The summed E-state index contributed by atoms with van der Waals surface area (Å²) in [6, 6.07) is 12.5. The first-order valence-electron chi connectivity index (χ1n) is 8.59. The van der Waals surface area contributed by atoms with E-state index in [1.165, 1.54) is 12.1 Å². The van der Waals surface area contributed by atoms with Crippen LogP contribution in [0.4, 0.5) is 11.4 Å². The molecule has 0 bridgehead atoms. The number of amides is 1. The molecule has 0 atom stereocenters. The minimum absolute atomic E-state index is 0.00426. The molecule has 0 aliphatic carbocycles. The van der Waals surface area contributed by atoms with Crippen LogP contribution in [0.3, 0.4) is 0 Å². The number of hydrogen-bond acceptors (Lipinski definition) is 5. The third-order valence-corrected chi connectivity index (χ3v) is 5.32. The highest BCUT2D eigenvalue weighted by Crippen LogP contribution is 2.32. The SMILES string of the molecule is CSCc1nc2ccccc2n1CC(=O)N1CCc2ccc([N+](=O)[O-])cc21. The summed E-state index contributed by atoms with van der Waals surface area (Å²) < 4.78 is 1.95. The van der Waals surface area contributed by atoms with Crippen molar-refractivity contribution in [3.63, 3.8) is 0 Å². The van der Waals surface area contributed by atoms with Gasteiger partial charge in [0.15, 0.2) is 0 Å². The molecule has 4 rings (SSSR count). The van der Waals surface area contributed by atoms with Crippen molar-refractivity contribution in [2.24, 2.45) is 0 Å². The van der Waals surface area contributed by atoms with E-state index in [0.29, 0.717) is 24.4 Å². The molecule has 2 heterocycles. The Labute approximate surface area is 160 Å². The Morgan fingerprint density at radius 3 is 2.89 bits per heavy atom. The van der Waals surface area contributed by atoms with Gasteiger partial charge in [0.25, 0.3) is 5.69 Å². The molecule has 0 radical (unpaired) electrons. The highest BCUT2D eigenvalue weighted by atomic mass is 32.2. The fourth-order valence-corrected chi connectivity index (χ4v) is 3.98. The number of fused-ring (bicyclic) bond motifs is 2. The second-order valence-electron chi connectivity index (χ2n) is 6.40. The number of rotatable bonds is 5. The zero-order valence-corrected chi connectivity index (χ0v) is 15.6. The lowest BCUT2D eigenvalue weighted by atomic mass is 10.1. The highest BCUT2D eigenvalue weighted by molar-refractivity contribution is 7.97. The molecule has 0 unspecified atom stereocenters. The molecule has 1 aliphatic heterocycles. The van der Waals surface area contributed by atoms with Gasteiger partial charge >= 0.3 is 0 Å². The van der Waals surface area contributed by atoms with E-state index < -0.39 is 4.92 Å². The van der Waals surface area contributed by atoms with Gasteiger partial charge < -0.3 is 9.47 Å². The van der Waals surface area contributed by atoms with Crippen LogP contribution in [0.1, 0.15) is 11.4 Å². The predicted octanol–water partition coefficient (Wildman–Crippen LogP) is 3.40. The van der Waals surface area contributed by atoms with Gasteiger partial charge in [0, 0.05) is 18.7 Å². The fourth-order valence-electron chi connectivity index (χ4n) is 3.50. The third-order valence-electron chi connectivity index (χ3n) is 4.78. The van der Waals surface area contributed by atoms with Crippen molar-refractivity contribution in [1.82, 2.24) is 9.55 Å². The molecule has 2 aromatic carbocycles.